The minimum absolute atomic E-state index is 0.00925. The maximum absolute atomic E-state index is 13.6. The summed E-state index contributed by atoms with van der Waals surface area (Å²) in [5, 5.41) is 7.05. The summed E-state index contributed by atoms with van der Waals surface area (Å²) in [6.45, 7) is 2.91. The van der Waals surface area contributed by atoms with Gasteiger partial charge in [0.2, 0.25) is 5.91 Å². The van der Waals surface area contributed by atoms with E-state index in [0.717, 1.165) is 27.6 Å². The number of piperidine rings is 1. The van der Waals surface area contributed by atoms with Gasteiger partial charge in [0.15, 0.2) is 6.61 Å². The Morgan fingerprint density at radius 2 is 1.86 bits per heavy atom. The molecule has 1 saturated heterocycles. The molecule has 2 atom stereocenters. The molecule has 3 aliphatic heterocycles. The first-order chi connectivity index (χ1) is 20.3. The first-order valence-electron chi connectivity index (χ1n) is 14.2. The van der Waals surface area contributed by atoms with Crippen molar-refractivity contribution in [3.8, 4) is 11.5 Å². The van der Waals surface area contributed by atoms with Gasteiger partial charge in [0, 0.05) is 55.8 Å². The Bertz CT molecular complexity index is 1640. The van der Waals surface area contributed by atoms with E-state index in [-0.39, 0.29) is 36.9 Å². The fourth-order valence-electron chi connectivity index (χ4n) is 5.68. The van der Waals surface area contributed by atoms with Crippen LogP contribution in [0.15, 0.2) is 72.9 Å². The molecule has 3 aliphatic rings. The maximum Gasteiger partial charge on any atom is 0.258 e. The summed E-state index contributed by atoms with van der Waals surface area (Å²) in [5.41, 5.74) is 4.21. The van der Waals surface area contributed by atoms with Crippen LogP contribution in [0.4, 0.5) is 0 Å². The molecule has 1 fully saturated rings. The molecule has 3 aromatic carbocycles. The van der Waals surface area contributed by atoms with E-state index in [1.54, 1.807) is 18.2 Å². The predicted molar refractivity (Wildman–Crippen MR) is 158 cm³/mol. The monoisotopic (exact) mass is 566 g/mol. The Morgan fingerprint density at radius 1 is 1.05 bits per heavy atom. The second kappa shape index (κ2) is 11.6. The van der Waals surface area contributed by atoms with Crippen molar-refractivity contribution in [3.05, 3.63) is 95.2 Å². The highest BCUT2D eigenvalue weighted by Crippen LogP contribution is 2.25. The van der Waals surface area contributed by atoms with E-state index < -0.39 is 6.04 Å². The number of likely N-dealkylation sites (tertiary alicyclic amines) is 1. The highest BCUT2D eigenvalue weighted by atomic mass is 16.5. The number of carbonyl (C=O) groups excluding carboxylic acids is 3. The largest absolute Gasteiger partial charge is 0.488 e. The van der Waals surface area contributed by atoms with Crippen LogP contribution in [0.2, 0.25) is 0 Å². The molecule has 4 bridgehead atoms. The van der Waals surface area contributed by atoms with Crippen molar-refractivity contribution in [2.24, 2.45) is 7.05 Å². The molecule has 7 rings (SSSR count). The number of rotatable bonds is 2. The summed E-state index contributed by atoms with van der Waals surface area (Å²) in [4.78, 5) is 41.2. The molecule has 42 heavy (non-hydrogen) atoms. The summed E-state index contributed by atoms with van der Waals surface area (Å²) in [5.74, 6) is 0.582. The lowest BCUT2D eigenvalue weighted by atomic mass is 9.99. The first kappa shape index (κ1) is 27.4. The van der Waals surface area contributed by atoms with Crippen molar-refractivity contribution >= 4 is 28.6 Å². The van der Waals surface area contributed by atoms with E-state index in [4.69, 9.17) is 9.47 Å². The van der Waals surface area contributed by atoms with Crippen LogP contribution in [0.5, 0.6) is 11.5 Å². The molecule has 0 spiro atoms. The van der Waals surface area contributed by atoms with Gasteiger partial charge in [-0.1, -0.05) is 36.4 Å². The molecule has 0 radical (unpaired) electrons. The molecule has 0 saturated carbocycles. The Kier molecular flexibility index (Phi) is 7.56. The Labute approximate surface area is 244 Å². The standard InChI is InChI=1S/C33H34N4O5/c1-21-7-10-23-15-30(21)41-20-31(38)34-17-22-8-11-25(12-9-22)42-29-13-14-37(19-27(29)35-33(23)40)32(39)16-24-18-36(2)28-6-4-3-5-26(24)28/h3-12,15,18,27,29H,13-14,16-17,19-20H2,1-2H3,(H,34,38)(H,35,40)/t27-,29-/m0/s1. The number of ether oxygens (including phenoxy) is 2. The Balaban J connectivity index is 1.26. The number of nitrogens with zero attached hydrogens (tertiary/aromatic N) is 2. The summed E-state index contributed by atoms with van der Waals surface area (Å²) in [6.07, 6.45) is 2.52. The number of hydrogen-bond donors (Lipinski definition) is 2. The fraction of sp³-hybridized carbons (Fsp3) is 0.303. The highest BCUT2D eigenvalue weighted by molar-refractivity contribution is 5.95. The summed E-state index contributed by atoms with van der Waals surface area (Å²) >= 11 is 0. The molecule has 4 aromatic rings. The van der Waals surface area contributed by atoms with Crippen LogP contribution in [0.1, 0.15) is 33.5 Å². The normalized spacial score (nSPS) is 19.2. The second-order valence-electron chi connectivity index (χ2n) is 11.0. The molecule has 0 aliphatic carbocycles. The van der Waals surface area contributed by atoms with Crippen LogP contribution in [0.25, 0.3) is 10.9 Å². The smallest absolute Gasteiger partial charge is 0.258 e. The molecular weight excluding hydrogens is 532 g/mol. The lowest BCUT2D eigenvalue weighted by Gasteiger charge is -2.39. The van der Waals surface area contributed by atoms with Gasteiger partial charge in [-0.2, -0.15) is 0 Å². The predicted octanol–water partition coefficient (Wildman–Crippen LogP) is 3.52. The number of carbonyl (C=O) groups is 3. The SMILES string of the molecule is Cc1ccc2cc1OCC(=O)NCc1ccc(cc1)O[C@H]1CCN(C(=O)Cc3cn(C)c4ccccc34)C[C@@H]1NC2=O. The van der Waals surface area contributed by atoms with Crippen molar-refractivity contribution in [2.45, 2.75) is 38.5 Å². The number of hydrogen-bond acceptors (Lipinski definition) is 5. The van der Waals surface area contributed by atoms with Crippen LogP contribution in [0.3, 0.4) is 0 Å². The first-order valence-corrected chi connectivity index (χ1v) is 14.2. The molecule has 9 heteroatoms. The minimum Gasteiger partial charge on any atom is -0.488 e. The van der Waals surface area contributed by atoms with E-state index in [1.165, 1.54) is 0 Å². The zero-order chi connectivity index (χ0) is 29.2. The average molecular weight is 567 g/mol. The number of aryl methyl sites for hydroxylation is 2. The van der Waals surface area contributed by atoms with Crippen molar-refractivity contribution in [3.63, 3.8) is 0 Å². The molecule has 2 N–H and O–H groups in total. The van der Waals surface area contributed by atoms with Gasteiger partial charge < -0.3 is 29.6 Å². The third kappa shape index (κ3) is 5.81. The van der Waals surface area contributed by atoms with E-state index >= 15 is 0 Å². The number of fused-ring (bicyclic) bond motifs is 8. The van der Waals surface area contributed by atoms with E-state index in [1.807, 2.05) is 78.2 Å². The Morgan fingerprint density at radius 3 is 2.69 bits per heavy atom. The molecule has 1 aromatic heterocycles. The average Bonchev–Trinajstić information content (AvgIpc) is 3.31. The van der Waals surface area contributed by atoms with Crippen LogP contribution in [-0.2, 0) is 29.6 Å². The maximum atomic E-state index is 13.6. The van der Waals surface area contributed by atoms with E-state index in [2.05, 4.69) is 10.6 Å². The van der Waals surface area contributed by atoms with Gasteiger partial charge in [-0.15, -0.1) is 0 Å². The van der Waals surface area contributed by atoms with Gasteiger partial charge in [-0.3, -0.25) is 14.4 Å². The van der Waals surface area contributed by atoms with Crippen molar-refractivity contribution in [1.82, 2.24) is 20.1 Å². The molecule has 0 unspecified atom stereocenters. The number of aromatic nitrogens is 1. The number of nitrogens with one attached hydrogen (secondary N) is 2. The summed E-state index contributed by atoms with van der Waals surface area (Å²) in [6, 6.07) is 20.3. The summed E-state index contributed by atoms with van der Waals surface area (Å²) in [7, 11) is 1.98. The molecule has 216 valence electrons. The minimum atomic E-state index is -0.438. The van der Waals surface area contributed by atoms with Gasteiger partial charge in [-0.05, 0) is 53.9 Å². The van der Waals surface area contributed by atoms with Gasteiger partial charge in [0.1, 0.15) is 17.6 Å². The van der Waals surface area contributed by atoms with Crippen LogP contribution in [-0.4, -0.2) is 59.0 Å². The molecular formula is C33H34N4O5. The van der Waals surface area contributed by atoms with E-state index in [0.29, 0.717) is 43.1 Å². The van der Waals surface area contributed by atoms with Crippen LogP contribution >= 0.6 is 0 Å². The molecule has 3 amide bonds. The number of para-hydroxylation sites is 1. The lowest BCUT2D eigenvalue weighted by Crippen LogP contribution is -2.58. The zero-order valence-corrected chi connectivity index (χ0v) is 23.8. The quantitative estimate of drug-likeness (QED) is 0.387. The number of amides is 3. The van der Waals surface area contributed by atoms with Crippen LogP contribution in [0, 0.1) is 6.92 Å². The topological polar surface area (TPSA) is 102 Å². The molecule has 4 heterocycles. The van der Waals surface area contributed by atoms with Gasteiger partial charge >= 0.3 is 0 Å². The summed E-state index contributed by atoms with van der Waals surface area (Å²) < 4.78 is 14.2. The number of benzene rings is 3. The third-order valence-electron chi connectivity index (χ3n) is 8.05. The fourth-order valence-corrected chi connectivity index (χ4v) is 5.68. The van der Waals surface area contributed by atoms with E-state index in [9.17, 15) is 14.4 Å². The van der Waals surface area contributed by atoms with Gasteiger partial charge in [-0.25, -0.2) is 0 Å². The molecule has 9 nitrogen and oxygen atoms in total. The second-order valence-corrected chi connectivity index (χ2v) is 11.0. The van der Waals surface area contributed by atoms with Gasteiger partial charge in [0.05, 0.1) is 12.5 Å². The van der Waals surface area contributed by atoms with Crippen molar-refractivity contribution < 1.29 is 23.9 Å². The van der Waals surface area contributed by atoms with Crippen molar-refractivity contribution in [2.75, 3.05) is 19.7 Å². The van der Waals surface area contributed by atoms with Gasteiger partial charge in [0.25, 0.3) is 11.8 Å². The Hall–Kier alpha value is -4.79. The van der Waals surface area contributed by atoms with Crippen molar-refractivity contribution in [1.29, 1.82) is 0 Å². The zero-order valence-electron chi connectivity index (χ0n) is 23.8. The third-order valence-corrected chi connectivity index (χ3v) is 8.05. The lowest BCUT2D eigenvalue weighted by molar-refractivity contribution is -0.133. The van der Waals surface area contributed by atoms with Crippen LogP contribution < -0.4 is 20.1 Å². The highest BCUT2D eigenvalue weighted by Gasteiger charge is 2.34.